The third-order valence-corrected chi connectivity index (χ3v) is 7.27. The Hall–Kier alpha value is -1.86. The molecule has 1 aromatic heterocycles. The predicted molar refractivity (Wildman–Crippen MR) is 120 cm³/mol. The third kappa shape index (κ3) is 5.06. The number of rotatable bonds is 7. The maximum Gasteiger partial charge on any atom is 0.262 e. The zero-order valence-electron chi connectivity index (χ0n) is 17.6. The van der Waals surface area contributed by atoms with Crippen LogP contribution in [0, 0.1) is 5.92 Å². The van der Waals surface area contributed by atoms with Gasteiger partial charge in [0.25, 0.3) is 5.56 Å². The van der Waals surface area contributed by atoms with Gasteiger partial charge in [-0.15, -0.1) is 0 Å². The van der Waals surface area contributed by atoms with Gasteiger partial charge >= 0.3 is 0 Å². The van der Waals surface area contributed by atoms with Gasteiger partial charge in [0, 0.05) is 13.2 Å². The number of carbonyl (C=O) groups excluding carboxylic acids is 1. The van der Waals surface area contributed by atoms with Crippen LogP contribution in [0.5, 0.6) is 0 Å². The van der Waals surface area contributed by atoms with E-state index in [-0.39, 0.29) is 22.8 Å². The minimum absolute atomic E-state index is 0.0108. The monoisotopic (exact) mass is 429 g/mol. The van der Waals surface area contributed by atoms with Crippen LogP contribution in [0.25, 0.3) is 10.9 Å². The molecular weight excluding hydrogens is 398 g/mol. The zero-order valence-corrected chi connectivity index (χ0v) is 18.5. The van der Waals surface area contributed by atoms with Gasteiger partial charge in [-0.1, -0.05) is 43.2 Å². The summed E-state index contributed by atoms with van der Waals surface area (Å²) in [6, 6.07) is 7.40. The van der Waals surface area contributed by atoms with Gasteiger partial charge in [0.2, 0.25) is 5.91 Å². The van der Waals surface area contributed by atoms with Crippen LogP contribution in [0.1, 0.15) is 51.9 Å². The molecule has 0 bridgehead atoms. The van der Waals surface area contributed by atoms with E-state index in [2.05, 4.69) is 5.32 Å². The number of hydrogen-bond acceptors (Lipinski definition) is 5. The Balaban J connectivity index is 1.51. The van der Waals surface area contributed by atoms with Crippen LogP contribution in [0.2, 0.25) is 0 Å². The molecule has 30 heavy (non-hydrogen) atoms. The molecule has 2 aromatic rings. The Bertz CT molecular complexity index is 933. The molecule has 1 aromatic carbocycles. The van der Waals surface area contributed by atoms with E-state index in [0.29, 0.717) is 28.5 Å². The average Bonchev–Trinajstić information content (AvgIpc) is 3.28. The summed E-state index contributed by atoms with van der Waals surface area (Å²) in [6.45, 7) is 3.86. The maximum atomic E-state index is 13.2. The number of amides is 1. The molecule has 6 nitrogen and oxygen atoms in total. The van der Waals surface area contributed by atoms with Gasteiger partial charge in [-0.2, -0.15) is 0 Å². The highest BCUT2D eigenvalue weighted by Crippen LogP contribution is 2.26. The lowest BCUT2D eigenvalue weighted by Gasteiger charge is -2.23. The number of aromatic nitrogens is 2. The van der Waals surface area contributed by atoms with Gasteiger partial charge in [0.1, 0.15) is 0 Å². The quantitative estimate of drug-likeness (QED) is 0.536. The second-order valence-corrected chi connectivity index (χ2v) is 9.78. The van der Waals surface area contributed by atoms with Crippen LogP contribution in [0.4, 0.5) is 0 Å². The van der Waals surface area contributed by atoms with E-state index in [1.54, 1.807) is 4.57 Å². The van der Waals surface area contributed by atoms with Crippen molar-refractivity contribution in [2.45, 2.75) is 74.9 Å². The first-order valence-electron chi connectivity index (χ1n) is 11.2. The van der Waals surface area contributed by atoms with E-state index in [0.717, 1.165) is 26.0 Å². The number of carbonyl (C=O) groups is 1. The molecule has 0 spiro atoms. The molecule has 1 amide bonds. The second kappa shape index (κ2) is 9.96. The smallest absolute Gasteiger partial charge is 0.262 e. The van der Waals surface area contributed by atoms with Crippen LogP contribution in [0.3, 0.4) is 0 Å². The summed E-state index contributed by atoms with van der Waals surface area (Å²) in [4.78, 5) is 30.6. The molecule has 1 aliphatic carbocycles. The fraction of sp³-hybridized carbons (Fsp3) is 0.609. The van der Waals surface area contributed by atoms with Gasteiger partial charge in [0.05, 0.1) is 28.8 Å². The van der Waals surface area contributed by atoms with Crippen LogP contribution >= 0.6 is 11.8 Å². The first-order valence-corrected chi connectivity index (χ1v) is 12.1. The summed E-state index contributed by atoms with van der Waals surface area (Å²) in [5.74, 6) is 0.605. The van der Waals surface area contributed by atoms with Crippen LogP contribution in [-0.4, -0.2) is 40.0 Å². The molecule has 1 N–H and O–H groups in total. The number of fused-ring (bicyclic) bond motifs is 1. The molecule has 2 aliphatic rings. The lowest BCUT2D eigenvalue weighted by atomic mass is 9.89. The summed E-state index contributed by atoms with van der Waals surface area (Å²) in [6.07, 6.45) is 8.24. The number of para-hydroxylation sites is 1. The highest BCUT2D eigenvalue weighted by atomic mass is 32.2. The molecule has 1 saturated carbocycles. The summed E-state index contributed by atoms with van der Waals surface area (Å²) in [5, 5.41) is 3.99. The van der Waals surface area contributed by atoms with Gasteiger partial charge in [-0.25, -0.2) is 4.98 Å². The van der Waals surface area contributed by atoms with Crippen molar-refractivity contribution in [3.8, 4) is 0 Å². The highest BCUT2D eigenvalue weighted by Gasteiger charge is 2.24. The van der Waals surface area contributed by atoms with Gasteiger partial charge in [-0.3, -0.25) is 14.2 Å². The zero-order chi connectivity index (χ0) is 20.9. The molecule has 7 heteroatoms. The Morgan fingerprint density at radius 2 is 2.03 bits per heavy atom. The van der Waals surface area contributed by atoms with Crippen LogP contribution < -0.4 is 10.9 Å². The maximum absolute atomic E-state index is 13.2. The lowest BCUT2D eigenvalue weighted by molar-refractivity contribution is -0.120. The molecule has 162 valence electrons. The SMILES string of the molecule is C[C@H](Sc1nc2ccccc2c(=O)n1C[C@@H]1CCCO1)C(=O)NCC1CCCCC1. The van der Waals surface area contributed by atoms with E-state index in [1.807, 2.05) is 31.2 Å². The average molecular weight is 430 g/mol. The van der Waals surface area contributed by atoms with Crippen molar-refractivity contribution in [2.75, 3.05) is 13.2 Å². The first-order chi connectivity index (χ1) is 14.6. The lowest BCUT2D eigenvalue weighted by Crippen LogP contribution is -2.36. The van der Waals surface area contributed by atoms with E-state index < -0.39 is 0 Å². The van der Waals surface area contributed by atoms with Gasteiger partial charge in [0.15, 0.2) is 5.16 Å². The molecule has 1 aliphatic heterocycles. The van der Waals surface area contributed by atoms with Crippen molar-refractivity contribution in [3.05, 3.63) is 34.6 Å². The first kappa shape index (κ1) is 21.4. The Morgan fingerprint density at radius 3 is 2.80 bits per heavy atom. The summed E-state index contributed by atoms with van der Waals surface area (Å²) >= 11 is 1.36. The minimum atomic E-state index is -0.322. The van der Waals surface area contributed by atoms with E-state index in [9.17, 15) is 9.59 Å². The van der Waals surface area contributed by atoms with Crippen molar-refractivity contribution in [3.63, 3.8) is 0 Å². The number of thioether (sulfide) groups is 1. The number of nitrogens with one attached hydrogen (secondary N) is 1. The summed E-state index contributed by atoms with van der Waals surface area (Å²) in [5.41, 5.74) is 0.608. The van der Waals surface area contributed by atoms with Crippen LogP contribution in [-0.2, 0) is 16.1 Å². The topological polar surface area (TPSA) is 73.2 Å². The molecule has 2 heterocycles. The second-order valence-electron chi connectivity index (χ2n) is 8.47. The molecule has 2 fully saturated rings. The van der Waals surface area contributed by atoms with Crippen molar-refractivity contribution in [1.29, 1.82) is 0 Å². The van der Waals surface area contributed by atoms with Crippen molar-refractivity contribution < 1.29 is 9.53 Å². The largest absolute Gasteiger partial charge is 0.376 e. The van der Waals surface area contributed by atoms with Crippen molar-refractivity contribution in [2.24, 2.45) is 5.92 Å². The summed E-state index contributed by atoms with van der Waals surface area (Å²) < 4.78 is 7.46. The predicted octanol–water partition coefficient (Wildman–Crippen LogP) is 3.75. The van der Waals surface area contributed by atoms with E-state index in [1.165, 1.54) is 43.9 Å². The minimum Gasteiger partial charge on any atom is -0.376 e. The molecule has 2 atom stereocenters. The number of hydrogen-bond donors (Lipinski definition) is 1. The highest BCUT2D eigenvalue weighted by molar-refractivity contribution is 8.00. The van der Waals surface area contributed by atoms with Gasteiger partial charge < -0.3 is 10.1 Å². The molecule has 1 saturated heterocycles. The van der Waals surface area contributed by atoms with Crippen molar-refractivity contribution in [1.82, 2.24) is 14.9 Å². The number of benzene rings is 1. The third-order valence-electron chi connectivity index (χ3n) is 6.18. The Kier molecular flexibility index (Phi) is 7.10. The fourth-order valence-electron chi connectivity index (χ4n) is 4.38. The van der Waals surface area contributed by atoms with Crippen LogP contribution in [0.15, 0.2) is 34.2 Å². The molecule has 4 rings (SSSR count). The number of nitrogens with zero attached hydrogens (tertiary/aromatic N) is 2. The number of ether oxygens (including phenoxy) is 1. The van der Waals surface area contributed by atoms with Crippen molar-refractivity contribution >= 4 is 28.6 Å². The fourth-order valence-corrected chi connectivity index (χ4v) is 5.32. The van der Waals surface area contributed by atoms with E-state index in [4.69, 9.17) is 9.72 Å². The Labute approximate surface area is 181 Å². The van der Waals surface area contributed by atoms with Gasteiger partial charge in [-0.05, 0) is 50.7 Å². The normalized spacial score (nSPS) is 21.0. The standard InChI is InChI=1S/C23H31N3O3S/c1-16(21(27)24-14-17-8-3-2-4-9-17)30-23-25-20-12-6-5-11-19(20)22(28)26(23)15-18-10-7-13-29-18/h5-6,11-12,16-18H,2-4,7-10,13-15H2,1H3,(H,24,27)/t16-,18-/m0/s1. The molecule has 0 unspecified atom stereocenters. The summed E-state index contributed by atoms with van der Waals surface area (Å²) in [7, 11) is 0. The Morgan fingerprint density at radius 1 is 1.23 bits per heavy atom. The molecular formula is C23H31N3O3S. The van der Waals surface area contributed by atoms with E-state index >= 15 is 0 Å². The molecule has 0 radical (unpaired) electrons.